The van der Waals surface area contributed by atoms with E-state index in [2.05, 4.69) is 43.4 Å². The van der Waals surface area contributed by atoms with E-state index in [1.54, 1.807) is 18.1 Å². The van der Waals surface area contributed by atoms with Gasteiger partial charge in [0.05, 0.1) is 23.3 Å². The van der Waals surface area contributed by atoms with Crippen molar-refractivity contribution in [3.63, 3.8) is 0 Å². The number of allylic oxidation sites excluding steroid dienone is 1. The highest BCUT2D eigenvalue weighted by Gasteiger charge is 2.31. The largest absolute Gasteiger partial charge is 0.353 e. The van der Waals surface area contributed by atoms with E-state index in [-0.39, 0.29) is 0 Å². The predicted octanol–water partition coefficient (Wildman–Crippen LogP) is 3.88. The topological polar surface area (TPSA) is 93.6 Å². The fraction of sp³-hybridized carbons (Fsp3) is 0.500. The van der Waals surface area contributed by atoms with Crippen molar-refractivity contribution in [2.75, 3.05) is 24.2 Å². The summed E-state index contributed by atoms with van der Waals surface area (Å²) >= 11 is 1.64. The lowest BCUT2D eigenvalue weighted by atomic mass is 9.85. The fourth-order valence-corrected chi connectivity index (χ4v) is 4.05. The van der Waals surface area contributed by atoms with Gasteiger partial charge in [-0.3, -0.25) is 10.1 Å². The molecular weight excluding hydrogens is 408 g/mol. The highest BCUT2D eigenvalue weighted by atomic mass is 32.2. The normalized spacial score (nSPS) is 22.2. The number of anilines is 1. The zero-order chi connectivity index (χ0) is 21.7. The van der Waals surface area contributed by atoms with Crippen LogP contribution in [0.15, 0.2) is 24.7 Å². The highest BCUT2D eigenvalue weighted by molar-refractivity contribution is 7.96. The standard InChI is InChI=1S/C20H27F2N7S/c1-12-6-14(8-27-30-3)10-29(13(12)2)19-7-16(25-11-26-19)17-9-24-18(28-17)5-4-15(23)20(21)22/h4-5,7,9,11-14,20,23,27H,6,8,10H2,1-3H3,(H,24,28)/b5-4-,23-15?. The van der Waals surface area contributed by atoms with Crippen LogP contribution in [0.4, 0.5) is 14.6 Å². The first kappa shape index (κ1) is 22.4. The molecule has 3 atom stereocenters. The molecule has 1 saturated heterocycles. The third-order valence-corrected chi connectivity index (χ3v) is 5.92. The first-order valence-electron chi connectivity index (χ1n) is 9.83. The van der Waals surface area contributed by atoms with E-state index in [9.17, 15) is 8.78 Å². The minimum Gasteiger partial charge on any atom is -0.353 e. The van der Waals surface area contributed by atoms with Crippen LogP contribution in [-0.2, 0) is 0 Å². The molecule has 0 saturated carbocycles. The molecule has 0 spiro atoms. The molecular formula is C20H27F2N7S. The number of imidazole rings is 1. The molecule has 10 heteroatoms. The van der Waals surface area contributed by atoms with Crippen LogP contribution in [-0.4, -0.2) is 57.5 Å². The molecule has 3 unspecified atom stereocenters. The van der Waals surface area contributed by atoms with Crippen LogP contribution in [0, 0.1) is 17.2 Å². The Balaban J connectivity index is 1.78. The Labute approximate surface area is 179 Å². The van der Waals surface area contributed by atoms with Gasteiger partial charge in [0.2, 0.25) is 0 Å². The van der Waals surface area contributed by atoms with Crippen molar-refractivity contribution in [2.24, 2.45) is 11.8 Å². The number of alkyl halides is 2. The zero-order valence-electron chi connectivity index (χ0n) is 17.3. The zero-order valence-corrected chi connectivity index (χ0v) is 18.1. The number of hydrogen-bond donors (Lipinski definition) is 3. The summed E-state index contributed by atoms with van der Waals surface area (Å²) in [7, 11) is 0. The van der Waals surface area contributed by atoms with E-state index in [0.29, 0.717) is 35.1 Å². The van der Waals surface area contributed by atoms with Gasteiger partial charge in [0.25, 0.3) is 6.43 Å². The van der Waals surface area contributed by atoms with E-state index in [1.807, 2.05) is 12.3 Å². The molecule has 1 aliphatic heterocycles. The van der Waals surface area contributed by atoms with E-state index in [1.165, 1.54) is 18.8 Å². The summed E-state index contributed by atoms with van der Waals surface area (Å²) in [6.45, 7) is 6.37. The monoisotopic (exact) mass is 435 g/mol. The van der Waals surface area contributed by atoms with Crippen LogP contribution in [0.5, 0.6) is 0 Å². The molecule has 3 rings (SSSR count). The molecule has 0 amide bonds. The van der Waals surface area contributed by atoms with E-state index < -0.39 is 12.1 Å². The second-order valence-electron chi connectivity index (χ2n) is 7.56. The van der Waals surface area contributed by atoms with Gasteiger partial charge in [-0.25, -0.2) is 23.7 Å². The maximum atomic E-state index is 12.4. The Hall–Kier alpha value is -2.33. The van der Waals surface area contributed by atoms with Crippen LogP contribution in [0.3, 0.4) is 0 Å². The Morgan fingerprint density at radius 3 is 2.93 bits per heavy atom. The SMILES string of the molecule is CSNCC1CC(C)C(C)N(c2cc(-c3cnc(/C=C\C(=N)C(F)F)[nH]3)ncn2)C1. The van der Waals surface area contributed by atoms with Gasteiger partial charge in [-0.2, -0.15) is 0 Å². The minimum atomic E-state index is -2.80. The molecule has 1 fully saturated rings. The molecule has 3 heterocycles. The molecule has 1 aliphatic rings. The Bertz CT molecular complexity index is 886. The Morgan fingerprint density at radius 2 is 2.20 bits per heavy atom. The van der Waals surface area contributed by atoms with Crippen molar-refractivity contribution < 1.29 is 8.78 Å². The van der Waals surface area contributed by atoms with Gasteiger partial charge in [0, 0.05) is 25.2 Å². The number of hydrogen-bond acceptors (Lipinski definition) is 7. The quantitative estimate of drug-likeness (QED) is 0.430. The number of halogens is 2. The van der Waals surface area contributed by atoms with E-state index in [0.717, 1.165) is 25.0 Å². The van der Waals surface area contributed by atoms with Gasteiger partial charge in [-0.15, -0.1) is 0 Å². The lowest BCUT2D eigenvalue weighted by molar-refractivity contribution is 0.226. The van der Waals surface area contributed by atoms with Crippen LogP contribution in [0.1, 0.15) is 26.1 Å². The molecule has 0 radical (unpaired) electrons. The summed E-state index contributed by atoms with van der Waals surface area (Å²) in [5.74, 6) is 2.33. The maximum absolute atomic E-state index is 12.4. The number of piperidine rings is 1. The predicted molar refractivity (Wildman–Crippen MR) is 118 cm³/mol. The second kappa shape index (κ2) is 10.1. The van der Waals surface area contributed by atoms with Gasteiger partial charge < -0.3 is 9.88 Å². The molecule has 3 N–H and O–H groups in total. The van der Waals surface area contributed by atoms with Crippen molar-refractivity contribution in [3.05, 3.63) is 30.5 Å². The Kier molecular flexibility index (Phi) is 7.54. The number of rotatable bonds is 8. The maximum Gasteiger partial charge on any atom is 0.279 e. The second-order valence-corrected chi connectivity index (χ2v) is 8.25. The lowest BCUT2D eigenvalue weighted by Crippen LogP contribution is -2.48. The molecule has 162 valence electrons. The van der Waals surface area contributed by atoms with Crippen molar-refractivity contribution in [1.82, 2.24) is 24.7 Å². The summed E-state index contributed by atoms with van der Waals surface area (Å²) in [4.78, 5) is 18.4. The van der Waals surface area contributed by atoms with Gasteiger partial charge in [-0.1, -0.05) is 18.9 Å². The average molecular weight is 436 g/mol. The summed E-state index contributed by atoms with van der Waals surface area (Å²) in [6.07, 6.45) is 5.94. The summed E-state index contributed by atoms with van der Waals surface area (Å²) in [5.41, 5.74) is 0.594. The van der Waals surface area contributed by atoms with E-state index in [4.69, 9.17) is 5.41 Å². The molecule has 2 aromatic heterocycles. The van der Waals surface area contributed by atoms with Crippen molar-refractivity contribution in [3.8, 4) is 11.4 Å². The first-order chi connectivity index (χ1) is 14.4. The summed E-state index contributed by atoms with van der Waals surface area (Å²) < 4.78 is 28.3. The molecule has 30 heavy (non-hydrogen) atoms. The van der Waals surface area contributed by atoms with E-state index >= 15 is 0 Å². The van der Waals surface area contributed by atoms with Gasteiger partial charge >= 0.3 is 0 Å². The molecule has 0 aliphatic carbocycles. The van der Waals surface area contributed by atoms with Crippen molar-refractivity contribution in [2.45, 2.75) is 32.7 Å². The van der Waals surface area contributed by atoms with Gasteiger partial charge in [-0.05, 0) is 43.6 Å². The molecule has 7 nitrogen and oxygen atoms in total. The number of nitrogens with one attached hydrogen (secondary N) is 3. The number of aromatic nitrogens is 4. The summed E-state index contributed by atoms with van der Waals surface area (Å²) in [6, 6.07) is 2.29. The third kappa shape index (κ3) is 5.42. The first-order valence-corrected chi connectivity index (χ1v) is 11.1. The van der Waals surface area contributed by atoms with Crippen molar-refractivity contribution in [1.29, 1.82) is 5.41 Å². The highest BCUT2D eigenvalue weighted by Crippen LogP contribution is 2.31. The molecule has 0 aromatic carbocycles. The summed E-state index contributed by atoms with van der Waals surface area (Å²) in [5, 5.41) is 7.19. The van der Waals surface area contributed by atoms with Gasteiger partial charge in [0.1, 0.15) is 18.0 Å². The number of H-pyrrole nitrogens is 1. The van der Waals surface area contributed by atoms with Gasteiger partial charge in [0.15, 0.2) is 0 Å². The smallest absolute Gasteiger partial charge is 0.279 e. The van der Waals surface area contributed by atoms with Crippen LogP contribution < -0.4 is 9.62 Å². The third-order valence-electron chi connectivity index (χ3n) is 5.47. The minimum absolute atomic E-state index is 0.360. The number of aromatic amines is 1. The molecule has 0 bridgehead atoms. The average Bonchev–Trinajstić information content (AvgIpc) is 3.21. The van der Waals surface area contributed by atoms with Crippen LogP contribution >= 0.6 is 11.9 Å². The van der Waals surface area contributed by atoms with Crippen molar-refractivity contribution >= 4 is 29.6 Å². The van der Waals surface area contributed by atoms with Crippen LogP contribution in [0.25, 0.3) is 17.5 Å². The Morgan fingerprint density at radius 1 is 1.40 bits per heavy atom. The molecule has 2 aromatic rings. The number of nitrogens with zero attached hydrogens (tertiary/aromatic N) is 4. The lowest BCUT2D eigenvalue weighted by Gasteiger charge is -2.43. The fourth-order valence-electron chi connectivity index (χ4n) is 3.64. The van der Waals surface area contributed by atoms with Crippen LogP contribution in [0.2, 0.25) is 0 Å².